The van der Waals surface area contributed by atoms with Crippen LogP contribution < -0.4 is 11.4 Å². The van der Waals surface area contributed by atoms with E-state index in [-0.39, 0.29) is 50.2 Å². The third-order valence-electron chi connectivity index (χ3n) is 5.82. The fourth-order valence-electron chi connectivity index (χ4n) is 3.90. The first-order valence-corrected chi connectivity index (χ1v) is 14.7. The summed E-state index contributed by atoms with van der Waals surface area (Å²) in [5.41, 5.74) is -1.91. The van der Waals surface area contributed by atoms with Gasteiger partial charge in [0.1, 0.15) is 22.1 Å². The molecule has 0 saturated heterocycles. The van der Waals surface area contributed by atoms with Crippen molar-refractivity contribution in [1.29, 1.82) is 0 Å². The lowest BCUT2D eigenvalue weighted by molar-refractivity contribution is 0.481. The molecule has 5 aromatic rings. The van der Waals surface area contributed by atoms with Gasteiger partial charge in [-0.2, -0.15) is 32.0 Å². The third-order valence-corrected chi connectivity index (χ3v) is 7.57. The Balaban J connectivity index is 1.54. The zero-order chi connectivity index (χ0) is 30.9. The van der Waals surface area contributed by atoms with Crippen LogP contribution in [-0.4, -0.2) is 46.0 Å². The van der Waals surface area contributed by atoms with Gasteiger partial charge in [0.25, 0.3) is 20.2 Å². The Kier molecular flexibility index (Phi) is 7.50. The lowest BCUT2D eigenvalue weighted by Crippen LogP contribution is -2.25. The van der Waals surface area contributed by atoms with Crippen LogP contribution in [0.2, 0.25) is 0 Å². The maximum absolute atomic E-state index is 12.1. The number of phenols is 1. The Bertz CT molecular complexity index is 2270. The number of aromatic hydroxyl groups is 1. The summed E-state index contributed by atoms with van der Waals surface area (Å²) in [5.74, 6) is -0.475. The van der Waals surface area contributed by atoms with Gasteiger partial charge in [0.2, 0.25) is 0 Å². The van der Waals surface area contributed by atoms with Crippen LogP contribution in [-0.2, 0) is 20.2 Å². The van der Waals surface area contributed by atoms with Gasteiger partial charge in [0.05, 0.1) is 16.3 Å². The van der Waals surface area contributed by atoms with E-state index in [1.165, 1.54) is 30.3 Å². The zero-order valence-corrected chi connectivity index (χ0v) is 22.9. The van der Waals surface area contributed by atoms with Crippen molar-refractivity contribution in [2.24, 2.45) is 20.5 Å². The maximum Gasteiger partial charge on any atom is 0.351 e. The normalized spacial score (nSPS) is 12.4. The molecule has 0 fully saturated rings. The molecule has 0 bridgehead atoms. The molecule has 4 aromatic carbocycles. The number of phenolic OH excluding ortho intramolecular Hbond substituents is 1. The van der Waals surface area contributed by atoms with Crippen LogP contribution in [0, 0.1) is 0 Å². The molecule has 1 heterocycles. The van der Waals surface area contributed by atoms with Crippen molar-refractivity contribution in [3.63, 3.8) is 0 Å². The molecule has 18 heteroatoms. The molecule has 0 unspecified atom stereocenters. The van der Waals surface area contributed by atoms with E-state index in [2.05, 4.69) is 30.4 Å². The van der Waals surface area contributed by atoms with E-state index in [1.807, 2.05) is 4.98 Å². The van der Waals surface area contributed by atoms with Gasteiger partial charge in [-0.25, -0.2) is 9.59 Å². The quantitative estimate of drug-likeness (QED) is 0.127. The second-order valence-corrected chi connectivity index (χ2v) is 11.5. The van der Waals surface area contributed by atoms with Crippen molar-refractivity contribution in [2.45, 2.75) is 9.79 Å². The minimum Gasteiger partial charge on any atom is -0.505 e. The molecule has 5 rings (SSSR count). The van der Waals surface area contributed by atoms with Crippen molar-refractivity contribution in [1.82, 2.24) is 15.0 Å². The fraction of sp³-hybridized carbons (Fsp3) is 0. The highest BCUT2D eigenvalue weighted by molar-refractivity contribution is 7.86. The van der Waals surface area contributed by atoms with E-state index in [0.717, 1.165) is 24.3 Å². The standard InChI is InChI=1S/C25H17N7O9S2/c33-22-17-4-2-1-3-16(17)18(23-26-24(34)28-25(35)27-23)12-20(22)32-31-19-10-7-14(11-21(19)43(39,40)41)30-29-13-5-8-15(9-6-13)42(36,37)38/h1-12,33H,(H,36,37,38)(H,39,40,41)(H2,26,27,28,34,35). The van der Waals surface area contributed by atoms with Crippen LogP contribution in [0.4, 0.5) is 22.7 Å². The molecule has 0 radical (unpaired) electrons. The van der Waals surface area contributed by atoms with Crippen molar-refractivity contribution in [3.05, 3.63) is 93.8 Å². The van der Waals surface area contributed by atoms with Gasteiger partial charge in [0.15, 0.2) is 5.75 Å². The number of hydrogen-bond donors (Lipinski definition) is 5. The highest BCUT2D eigenvalue weighted by Gasteiger charge is 2.18. The van der Waals surface area contributed by atoms with Gasteiger partial charge in [0, 0.05) is 10.9 Å². The summed E-state index contributed by atoms with van der Waals surface area (Å²) in [6.45, 7) is 0. The third kappa shape index (κ3) is 6.41. The number of nitrogens with zero attached hydrogens (tertiary/aromatic N) is 5. The van der Waals surface area contributed by atoms with Crippen LogP contribution in [0.1, 0.15) is 0 Å². The van der Waals surface area contributed by atoms with Gasteiger partial charge < -0.3 is 5.11 Å². The van der Waals surface area contributed by atoms with Crippen molar-refractivity contribution >= 4 is 53.8 Å². The van der Waals surface area contributed by atoms with Gasteiger partial charge in [-0.1, -0.05) is 24.3 Å². The molecule has 5 N–H and O–H groups in total. The van der Waals surface area contributed by atoms with E-state index >= 15 is 0 Å². The Morgan fingerprint density at radius 3 is 1.95 bits per heavy atom. The first kappa shape index (κ1) is 29.1. The molecule has 0 saturated carbocycles. The number of rotatable bonds is 7. The molecular formula is C25H17N7O9S2. The first-order chi connectivity index (χ1) is 20.3. The van der Waals surface area contributed by atoms with Crippen LogP contribution in [0.25, 0.3) is 22.2 Å². The van der Waals surface area contributed by atoms with Crippen LogP contribution in [0.15, 0.2) is 113 Å². The minimum absolute atomic E-state index is 0.0365. The van der Waals surface area contributed by atoms with E-state index in [4.69, 9.17) is 4.55 Å². The average Bonchev–Trinajstić information content (AvgIpc) is 2.95. The van der Waals surface area contributed by atoms with Crippen molar-refractivity contribution < 1.29 is 31.0 Å². The Morgan fingerprint density at radius 2 is 1.30 bits per heavy atom. The van der Waals surface area contributed by atoms with Crippen LogP contribution >= 0.6 is 0 Å². The van der Waals surface area contributed by atoms with Gasteiger partial charge in [-0.05, 0) is 53.9 Å². The SMILES string of the molecule is O=c1nc(-c2cc(N=Nc3ccc(N=Nc4ccc(S(=O)(=O)O)cc4)cc3S(=O)(=O)O)c(O)c3ccccc23)[nH]c(=O)[nH]1. The second kappa shape index (κ2) is 11.1. The number of hydrogen-bond acceptors (Lipinski definition) is 12. The molecule has 0 aliphatic rings. The number of H-pyrrole nitrogens is 2. The molecule has 0 aliphatic carbocycles. The zero-order valence-electron chi connectivity index (χ0n) is 21.3. The first-order valence-electron chi connectivity index (χ1n) is 11.8. The number of fused-ring (bicyclic) bond motifs is 1. The molecule has 1 aromatic heterocycles. The summed E-state index contributed by atoms with van der Waals surface area (Å²) in [4.78, 5) is 30.7. The van der Waals surface area contributed by atoms with E-state index in [9.17, 15) is 36.1 Å². The molecule has 0 spiro atoms. The minimum atomic E-state index is -4.87. The van der Waals surface area contributed by atoms with E-state index in [1.54, 1.807) is 18.2 Å². The molecule has 0 aliphatic heterocycles. The predicted octanol–water partition coefficient (Wildman–Crippen LogP) is 4.31. The monoisotopic (exact) mass is 623 g/mol. The summed E-state index contributed by atoms with van der Waals surface area (Å²) in [5, 5.41) is 27.1. The van der Waals surface area contributed by atoms with Crippen LogP contribution in [0.3, 0.4) is 0 Å². The molecule has 0 amide bonds. The predicted molar refractivity (Wildman–Crippen MR) is 151 cm³/mol. The maximum atomic E-state index is 12.1. The highest BCUT2D eigenvalue weighted by Crippen LogP contribution is 2.41. The lowest BCUT2D eigenvalue weighted by Gasteiger charge is -2.10. The smallest absolute Gasteiger partial charge is 0.351 e. The fourth-order valence-corrected chi connectivity index (χ4v) is 5.02. The highest BCUT2D eigenvalue weighted by atomic mass is 32.2. The molecule has 0 atom stereocenters. The summed E-state index contributed by atoms with van der Waals surface area (Å²) in [6.07, 6.45) is 0. The number of benzene rings is 4. The summed E-state index contributed by atoms with van der Waals surface area (Å²) in [6, 6.07) is 15.8. The molecule has 16 nitrogen and oxygen atoms in total. The van der Waals surface area contributed by atoms with Crippen molar-refractivity contribution in [3.8, 4) is 17.1 Å². The number of aromatic nitrogens is 3. The van der Waals surface area contributed by atoms with Crippen LogP contribution in [0.5, 0.6) is 5.75 Å². The second-order valence-electron chi connectivity index (χ2n) is 8.68. The Morgan fingerprint density at radius 1 is 0.674 bits per heavy atom. The molecule has 43 heavy (non-hydrogen) atoms. The average molecular weight is 624 g/mol. The number of aromatic amines is 2. The summed E-state index contributed by atoms with van der Waals surface area (Å²) in [7, 11) is -9.28. The Hall–Kier alpha value is -5.43. The number of azo groups is 2. The van der Waals surface area contributed by atoms with Gasteiger partial charge in [-0.3, -0.25) is 19.1 Å². The van der Waals surface area contributed by atoms with E-state index in [0.29, 0.717) is 5.39 Å². The summed E-state index contributed by atoms with van der Waals surface area (Å²) >= 11 is 0. The molecular weight excluding hydrogens is 606 g/mol. The summed E-state index contributed by atoms with van der Waals surface area (Å²) < 4.78 is 65.5. The lowest BCUT2D eigenvalue weighted by atomic mass is 10.0. The van der Waals surface area contributed by atoms with E-state index < -0.39 is 36.5 Å². The number of nitrogens with one attached hydrogen (secondary N) is 2. The van der Waals surface area contributed by atoms with Gasteiger partial charge >= 0.3 is 11.4 Å². The topological polar surface area (TPSA) is 257 Å². The Labute approximate surface area is 240 Å². The van der Waals surface area contributed by atoms with Crippen molar-refractivity contribution in [2.75, 3.05) is 0 Å². The van der Waals surface area contributed by atoms with Gasteiger partial charge in [-0.15, -0.1) is 10.2 Å². The molecule has 218 valence electrons. The largest absolute Gasteiger partial charge is 0.505 e.